The lowest BCUT2D eigenvalue weighted by molar-refractivity contribution is -0.115. The number of hydrogen-bond acceptors (Lipinski definition) is 4. The van der Waals surface area contributed by atoms with Gasteiger partial charge in [0.2, 0.25) is 11.8 Å². The minimum atomic E-state index is -1.63. The topological polar surface area (TPSA) is 55.1 Å². The van der Waals surface area contributed by atoms with E-state index < -0.39 is 29.0 Å². The molecule has 8 heteroatoms. The number of aryl methyl sites for hydroxylation is 1. The number of hydrogen-bond donors (Lipinski definition) is 1. The first kappa shape index (κ1) is 16.3. The van der Waals surface area contributed by atoms with Gasteiger partial charge in [-0.3, -0.25) is 4.79 Å². The van der Waals surface area contributed by atoms with Crippen molar-refractivity contribution in [3.63, 3.8) is 0 Å². The highest BCUT2D eigenvalue weighted by molar-refractivity contribution is 7.13. The Morgan fingerprint density at radius 1 is 1.25 bits per heavy atom. The molecule has 0 fully saturated rings. The molecule has 4 nitrogen and oxygen atoms in total. The highest BCUT2D eigenvalue weighted by atomic mass is 32.1. The highest BCUT2D eigenvalue weighted by Gasteiger charge is 2.18. The predicted molar refractivity (Wildman–Crippen MR) is 83.2 cm³/mol. The fraction of sp³-hybridized carbons (Fsp3) is 0.125. The Balaban J connectivity index is 1.75. The summed E-state index contributed by atoms with van der Waals surface area (Å²) in [5.41, 5.74) is -0.0441. The van der Waals surface area contributed by atoms with Crippen molar-refractivity contribution in [1.82, 2.24) is 4.98 Å². The quantitative estimate of drug-likeness (QED) is 0.712. The van der Waals surface area contributed by atoms with Crippen molar-refractivity contribution in [2.24, 2.45) is 0 Å². The van der Waals surface area contributed by atoms with Crippen LogP contribution in [-0.4, -0.2) is 10.9 Å². The number of oxazole rings is 1. The van der Waals surface area contributed by atoms with E-state index in [-0.39, 0.29) is 6.42 Å². The summed E-state index contributed by atoms with van der Waals surface area (Å²) in [7, 11) is 0. The summed E-state index contributed by atoms with van der Waals surface area (Å²) in [6, 6.07) is 5.37. The zero-order valence-electron chi connectivity index (χ0n) is 12.4. The van der Waals surface area contributed by atoms with E-state index >= 15 is 0 Å². The van der Waals surface area contributed by atoms with Crippen molar-refractivity contribution in [1.29, 1.82) is 0 Å². The second kappa shape index (κ2) is 6.48. The number of amides is 1. The zero-order valence-corrected chi connectivity index (χ0v) is 13.2. The molecule has 1 amide bonds. The molecule has 1 aromatic carbocycles. The third kappa shape index (κ3) is 3.18. The van der Waals surface area contributed by atoms with Gasteiger partial charge in [-0.1, -0.05) is 6.07 Å². The summed E-state index contributed by atoms with van der Waals surface area (Å²) in [4.78, 5) is 17.1. The van der Waals surface area contributed by atoms with Crippen LogP contribution in [0.25, 0.3) is 10.8 Å². The van der Waals surface area contributed by atoms with E-state index in [0.717, 1.165) is 17.0 Å². The second-order valence-corrected chi connectivity index (χ2v) is 5.89. The van der Waals surface area contributed by atoms with Crippen molar-refractivity contribution >= 4 is 22.9 Å². The smallest absolute Gasteiger partial charge is 0.236 e. The lowest BCUT2D eigenvalue weighted by Gasteiger charge is -2.06. The van der Waals surface area contributed by atoms with E-state index in [1.807, 2.05) is 17.5 Å². The first-order valence-electron chi connectivity index (χ1n) is 6.89. The van der Waals surface area contributed by atoms with Crippen LogP contribution in [0.15, 0.2) is 34.1 Å². The number of carbonyl (C=O) groups excluding carboxylic acids is 1. The van der Waals surface area contributed by atoms with E-state index in [4.69, 9.17) is 4.42 Å². The zero-order chi connectivity index (χ0) is 17.3. The number of nitrogens with zero attached hydrogens (tertiary/aromatic N) is 1. The molecule has 2 heterocycles. The third-order valence-electron chi connectivity index (χ3n) is 3.26. The Morgan fingerprint density at radius 3 is 2.75 bits per heavy atom. The van der Waals surface area contributed by atoms with Crippen LogP contribution in [0.4, 0.5) is 18.9 Å². The van der Waals surface area contributed by atoms with Gasteiger partial charge in [0.05, 0.1) is 22.7 Å². The number of carbonyl (C=O) groups is 1. The lowest BCUT2D eigenvalue weighted by Crippen LogP contribution is -2.16. The van der Waals surface area contributed by atoms with Gasteiger partial charge >= 0.3 is 0 Å². The summed E-state index contributed by atoms with van der Waals surface area (Å²) < 4.78 is 45.1. The highest BCUT2D eigenvalue weighted by Crippen LogP contribution is 2.26. The molecule has 0 saturated heterocycles. The molecule has 0 saturated carbocycles. The molecule has 24 heavy (non-hydrogen) atoms. The fourth-order valence-electron chi connectivity index (χ4n) is 2.07. The monoisotopic (exact) mass is 352 g/mol. The Bertz CT molecular complexity index is 891. The Kier molecular flexibility index (Phi) is 4.39. The average molecular weight is 352 g/mol. The molecular formula is C16H11F3N2O2S. The van der Waals surface area contributed by atoms with E-state index in [1.54, 1.807) is 6.92 Å². The Labute approximate surface area is 139 Å². The maximum absolute atomic E-state index is 13.6. The van der Waals surface area contributed by atoms with Gasteiger partial charge in [-0.15, -0.1) is 11.3 Å². The van der Waals surface area contributed by atoms with Gasteiger partial charge in [0, 0.05) is 0 Å². The lowest BCUT2D eigenvalue weighted by atomic mass is 10.2. The number of halogens is 3. The van der Waals surface area contributed by atoms with Gasteiger partial charge in [0.25, 0.3) is 0 Å². The molecule has 124 valence electrons. The van der Waals surface area contributed by atoms with Gasteiger partial charge in [-0.05, 0) is 30.5 Å². The minimum Gasteiger partial charge on any atom is -0.440 e. The molecule has 0 unspecified atom stereocenters. The van der Waals surface area contributed by atoms with Crippen molar-refractivity contribution in [2.45, 2.75) is 13.3 Å². The van der Waals surface area contributed by atoms with E-state index in [2.05, 4.69) is 10.3 Å². The normalized spacial score (nSPS) is 10.8. The predicted octanol–water partition coefficient (Wildman–Crippen LogP) is 4.31. The molecule has 1 N–H and O–H groups in total. The van der Waals surface area contributed by atoms with E-state index in [9.17, 15) is 18.0 Å². The summed E-state index contributed by atoms with van der Waals surface area (Å²) in [6.45, 7) is 1.66. The summed E-state index contributed by atoms with van der Waals surface area (Å²) in [5, 5.41) is 4.07. The van der Waals surface area contributed by atoms with Gasteiger partial charge in [-0.2, -0.15) is 0 Å². The molecule has 0 atom stereocenters. The van der Waals surface area contributed by atoms with Crippen LogP contribution in [0.3, 0.4) is 0 Å². The van der Waals surface area contributed by atoms with Crippen molar-refractivity contribution in [2.75, 3.05) is 5.32 Å². The molecule has 0 spiro atoms. The van der Waals surface area contributed by atoms with Crippen LogP contribution in [0.5, 0.6) is 0 Å². The Morgan fingerprint density at radius 2 is 2.04 bits per heavy atom. The molecule has 3 aromatic rings. The molecular weight excluding hydrogens is 341 g/mol. The number of anilines is 1. The number of rotatable bonds is 4. The van der Waals surface area contributed by atoms with Crippen LogP contribution in [0.1, 0.15) is 11.5 Å². The van der Waals surface area contributed by atoms with Crippen molar-refractivity contribution < 1.29 is 22.4 Å². The van der Waals surface area contributed by atoms with E-state index in [1.165, 1.54) is 11.3 Å². The number of nitrogens with one attached hydrogen (secondary N) is 1. The minimum absolute atomic E-state index is 0.181. The fourth-order valence-corrected chi connectivity index (χ4v) is 2.72. The number of aromatic nitrogens is 1. The molecule has 3 rings (SSSR count). The number of benzene rings is 1. The summed E-state index contributed by atoms with van der Waals surface area (Å²) >= 11 is 1.44. The molecule has 0 aliphatic rings. The van der Waals surface area contributed by atoms with Gasteiger partial charge < -0.3 is 9.73 Å². The largest absolute Gasteiger partial charge is 0.440 e. The standard InChI is InChI=1S/C16H11F3N2O2S/c1-8-11(21-16(23-8)12-3-2-6-24-12)7-13(22)20-10-5-4-9(17)14(18)15(10)19/h2-6H,7H2,1H3,(H,20,22). The molecule has 0 aliphatic carbocycles. The SMILES string of the molecule is Cc1oc(-c2cccs2)nc1CC(=O)Nc1ccc(F)c(F)c1F. The van der Waals surface area contributed by atoms with Gasteiger partial charge in [-0.25, -0.2) is 18.2 Å². The maximum Gasteiger partial charge on any atom is 0.236 e. The van der Waals surface area contributed by atoms with Crippen LogP contribution in [0, 0.1) is 24.4 Å². The van der Waals surface area contributed by atoms with Gasteiger partial charge in [0.15, 0.2) is 17.5 Å². The second-order valence-electron chi connectivity index (χ2n) is 4.95. The average Bonchev–Trinajstić information content (AvgIpc) is 3.18. The first-order valence-corrected chi connectivity index (χ1v) is 7.77. The molecule has 0 bridgehead atoms. The van der Waals surface area contributed by atoms with Crippen LogP contribution in [-0.2, 0) is 11.2 Å². The van der Waals surface area contributed by atoms with Crippen LogP contribution < -0.4 is 5.32 Å². The van der Waals surface area contributed by atoms with Crippen LogP contribution in [0.2, 0.25) is 0 Å². The third-order valence-corrected chi connectivity index (χ3v) is 4.12. The van der Waals surface area contributed by atoms with Gasteiger partial charge in [0.1, 0.15) is 5.76 Å². The Hall–Kier alpha value is -2.61. The number of thiophene rings is 1. The van der Waals surface area contributed by atoms with Crippen molar-refractivity contribution in [3.8, 4) is 10.8 Å². The molecule has 2 aromatic heterocycles. The first-order chi connectivity index (χ1) is 11.5. The molecule has 0 radical (unpaired) electrons. The molecule has 0 aliphatic heterocycles. The van der Waals surface area contributed by atoms with Crippen LogP contribution >= 0.6 is 11.3 Å². The summed E-state index contributed by atoms with van der Waals surface area (Å²) in [6.07, 6.45) is -0.181. The summed E-state index contributed by atoms with van der Waals surface area (Å²) in [5.74, 6) is -4.17. The maximum atomic E-state index is 13.6. The van der Waals surface area contributed by atoms with E-state index in [0.29, 0.717) is 17.3 Å². The van der Waals surface area contributed by atoms with Crippen molar-refractivity contribution in [3.05, 3.63) is 58.6 Å².